The van der Waals surface area contributed by atoms with E-state index in [2.05, 4.69) is 13.8 Å². The predicted octanol–water partition coefficient (Wildman–Crippen LogP) is 3.53. The van der Waals surface area contributed by atoms with E-state index in [1.807, 2.05) is 5.57 Å². The van der Waals surface area contributed by atoms with E-state index in [9.17, 15) is 0 Å². The summed E-state index contributed by atoms with van der Waals surface area (Å²) in [6, 6.07) is 0. The van der Waals surface area contributed by atoms with Crippen molar-refractivity contribution in [1.29, 1.82) is 0 Å². The maximum Gasteiger partial charge on any atom is -0.0195 e. The second-order valence-electron chi connectivity index (χ2n) is 4.29. The fourth-order valence-electron chi connectivity index (χ4n) is 2.78. The molecule has 2 rings (SSSR count). The molecule has 0 bridgehead atoms. The maximum atomic E-state index is 2.39. The van der Waals surface area contributed by atoms with E-state index in [-0.39, 0.29) is 0 Å². The molecule has 1 fully saturated rings. The molecule has 0 spiro atoms. The van der Waals surface area contributed by atoms with E-state index >= 15 is 0 Å². The van der Waals surface area contributed by atoms with Gasteiger partial charge in [0.15, 0.2) is 0 Å². The Morgan fingerprint density at radius 1 is 1.27 bits per heavy atom. The van der Waals surface area contributed by atoms with Gasteiger partial charge in [-0.15, -0.1) is 0 Å². The molecule has 0 nitrogen and oxygen atoms in total. The molecule has 0 N–H and O–H groups in total. The van der Waals surface area contributed by atoms with Crippen molar-refractivity contribution in [2.24, 2.45) is 11.8 Å². The van der Waals surface area contributed by atoms with E-state index in [4.69, 9.17) is 0 Å². The molecule has 1 saturated carbocycles. The molecule has 0 aliphatic heterocycles. The van der Waals surface area contributed by atoms with Gasteiger partial charge >= 0.3 is 0 Å². The first-order valence-corrected chi connectivity index (χ1v) is 4.98. The molecular formula is C11H18. The van der Waals surface area contributed by atoms with Crippen LogP contribution in [-0.4, -0.2) is 0 Å². The van der Waals surface area contributed by atoms with E-state index in [0.29, 0.717) is 0 Å². The lowest BCUT2D eigenvalue weighted by Gasteiger charge is -2.20. The van der Waals surface area contributed by atoms with Gasteiger partial charge in [-0.25, -0.2) is 0 Å². The average Bonchev–Trinajstić information content (AvgIpc) is 2.30. The molecule has 0 aromatic carbocycles. The molecule has 0 amide bonds. The number of hydrogen-bond acceptors (Lipinski definition) is 0. The van der Waals surface area contributed by atoms with Gasteiger partial charge in [0.1, 0.15) is 0 Å². The average molecular weight is 150 g/mol. The Bertz CT molecular complexity index is 188. The summed E-state index contributed by atoms with van der Waals surface area (Å²) in [7, 11) is 0. The highest BCUT2D eigenvalue weighted by atomic mass is 14.3. The SMILES string of the molecule is CC1=C2CCCCC2CC1C. The highest BCUT2D eigenvalue weighted by molar-refractivity contribution is 5.24. The number of fused-ring (bicyclic) bond motifs is 1. The Morgan fingerprint density at radius 2 is 2.09 bits per heavy atom. The fourth-order valence-corrected chi connectivity index (χ4v) is 2.78. The first-order chi connectivity index (χ1) is 5.29. The fraction of sp³-hybridized carbons (Fsp3) is 0.818. The summed E-state index contributed by atoms with van der Waals surface area (Å²) in [6.07, 6.45) is 7.29. The Morgan fingerprint density at radius 3 is 2.82 bits per heavy atom. The third-order valence-corrected chi connectivity index (χ3v) is 3.63. The van der Waals surface area contributed by atoms with Crippen molar-refractivity contribution >= 4 is 0 Å². The van der Waals surface area contributed by atoms with E-state index < -0.39 is 0 Å². The van der Waals surface area contributed by atoms with Crippen molar-refractivity contribution in [1.82, 2.24) is 0 Å². The summed E-state index contributed by atoms with van der Waals surface area (Å²) in [5, 5.41) is 0. The maximum absolute atomic E-state index is 2.39. The minimum absolute atomic E-state index is 0.896. The van der Waals surface area contributed by atoms with Crippen LogP contribution in [0, 0.1) is 11.8 Å². The van der Waals surface area contributed by atoms with Crippen LogP contribution in [0.4, 0.5) is 0 Å². The summed E-state index contributed by atoms with van der Waals surface area (Å²) >= 11 is 0. The van der Waals surface area contributed by atoms with Crippen LogP contribution in [0.5, 0.6) is 0 Å². The van der Waals surface area contributed by atoms with Gasteiger partial charge in [-0.3, -0.25) is 0 Å². The first-order valence-electron chi connectivity index (χ1n) is 4.98. The van der Waals surface area contributed by atoms with Crippen molar-refractivity contribution < 1.29 is 0 Å². The molecule has 0 aromatic rings. The van der Waals surface area contributed by atoms with Crippen LogP contribution >= 0.6 is 0 Å². The molecule has 0 heterocycles. The molecule has 2 unspecified atom stereocenters. The monoisotopic (exact) mass is 150 g/mol. The molecule has 11 heavy (non-hydrogen) atoms. The van der Waals surface area contributed by atoms with Crippen LogP contribution in [0.25, 0.3) is 0 Å². The molecule has 2 aliphatic rings. The van der Waals surface area contributed by atoms with Crippen LogP contribution < -0.4 is 0 Å². The quantitative estimate of drug-likeness (QED) is 0.463. The van der Waals surface area contributed by atoms with Gasteiger partial charge in [-0.1, -0.05) is 24.5 Å². The number of allylic oxidation sites excluding steroid dienone is 2. The number of hydrogen-bond donors (Lipinski definition) is 0. The van der Waals surface area contributed by atoms with Crippen molar-refractivity contribution in [3.8, 4) is 0 Å². The smallest absolute Gasteiger partial charge is 0.0195 e. The summed E-state index contributed by atoms with van der Waals surface area (Å²) < 4.78 is 0. The van der Waals surface area contributed by atoms with E-state index in [1.165, 1.54) is 32.1 Å². The molecule has 0 radical (unpaired) electrons. The molecule has 0 saturated heterocycles. The van der Waals surface area contributed by atoms with Crippen molar-refractivity contribution in [3.63, 3.8) is 0 Å². The lowest BCUT2D eigenvalue weighted by atomic mass is 9.85. The molecule has 0 heteroatoms. The summed E-state index contributed by atoms with van der Waals surface area (Å²) in [6.45, 7) is 4.74. The van der Waals surface area contributed by atoms with Crippen LogP contribution in [0.3, 0.4) is 0 Å². The third kappa shape index (κ3) is 1.13. The molecule has 0 aromatic heterocycles. The minimum Gasteiger partial charge on any atom is -0.0710 e. The normalized spacial score (nSPS) is 37.6. The molecule has 2 aliphatic carbocycles. The van der Waals surface area contributed by atoms with Crippen LogP contribution in [-0.2, 0) is 0 Å². The van der Waals surface area contributed by atoms with Crippen molar-refractivity contribution in [3.05, 3.63) is 11.1 Å². The second-order valence-corrected chi connectivity index (χ2v) is 4.29. The molecule has 62 valence electrons. The number of rotatable bonds is 0. The Labute approximate surface area is 69.7 Å². The topological polar surface area (TPSA) is 0 Å². The zero-order chi connectivity index (χ0) is 7.84. The van der Waals surface area contributed by atoms with Gasteiger partial charge in [0.25, 0.3) is 0 Å². The van der Waals surface area contributed by atoms with Gasteiger partial charge < -0.3 is 0 Å². The van der Waals surface area contributed by atoms with E-state index in [0.717, 1.165) is 11.8 Å². The largest absolute Gasteiger partial charge is 0.0710 e. The first kappa shape index (κ1) is 7.39. The minimum atomic E-state index is 0.896. The standard InChI is InChI=1S/C11H18/c1-8-7-10-5-3-4-6-11(10)9(8)2/h8,10H,3-7H2,1-2H3. The highest BCUT2D eigenvalue weighted by Crippen LogP contribution is 2.44. The Kier molecular flexibility index (Phi) is 1.78. The summed E-state index contributed by atoms with van der Waals surface area (Å²) in [5.74, 6) is 1.90. The van der Waals surface area contributed by atoms with Crippen molar-refractivity contribution in [2.75, 3.05) is 0 Å². The lowest BCUT2D eigenvalue weighted by molar-refractivity contribution is 0.431. The van der Waals surface area contributed by atoms with Gasteiger partial charge in [0.05, 0.1) is 0 Å². The molecule has 2 atom stereocenters. The zero-order valence-electron chi connectivity index (χ0n) is 7.69. The van der Waals surface area contributed by atoms with E-state index in [1.54, 1.807) is 5.57 Å². The summed E-state index contributed by atoms with van der Waals surface area (Å²) in [5.41, 5.74) is 3.57. The zero-order valence-corrected chi connectivity index (χ0v) is 7.69. The Hall–Kier alpha value is -0.260. The highest BCUT2D eigenvalue weighted by Gasteiger charge is 2.29. The van der Waals surface area contributed by atoms with Crippen LogP contribution in [0.2, 0.25) is 0 Å². The summed E-state index contributed by atoms with van der Waals surface area (Å²) in [4.78, 5) is 0. The van der Waals surface area contributed by atoms with Crippen molar-refractivity contribution in [2.45, 2.75) is 46.0 Å². The van der Waals surface area contributed by atoms with Crippen LogP contribution in [0.15, 0.2) is 11.1 Å². The second kappa shape index (κ2) is 2.66. The van der Waals surface area contributed by atoms with Gasteiger partial charge in [0.2, 0.25) is 0 Å². The Balaban J connectivity index is 2.22. The van der Waals surface area contributed by atoms with Gasteiger partial charge in [0, 0.05) is 0 Å². The van der Waals surface area contributed by atoms with Gasteiger partial charge in [-0.2, -0.15) is 0 Å². The third-order valence-electron chi connectivity index (χ3n) is 3.63. The molecular weight excluding hydrogens is 132 g/mol. The lowest BCUT2D eigenvalue weighted by Crippen LogP contribution is -2.05. The van der Waals surface area contributed by atoms with Crippen LogP contribution in [0.1, 0.15) is 46.0 Å². The van der Waals surface area contributed by atoms with Gasteiger partial charge in [-0.05, 0) is 44.4 Å². The predicted molar refractivity (Wildman–Crippen MR) is 48.4 cm³/mol.